The van der Waals surface area contributed by atoms with Crippen molar-refractivity contribution in [1.29, 1.82) is 0 Å². The van der Waals surface area contributed by atoms with Gasteiger partial charge in [0.1, 0.15) is 5.75 Å². The number of nitrogens with one attached hydrogen (secondary N) is 1. The Kier molecular flexibility index (Phi) is 7.25. The van der Waals surface area contributed by atoms with E-state index in [4.69, 9.17) is 4.74 Å². The van der Waals surface area contributed by atoms with Gasteiger partial charge in [0.2, 0.25) is 5.91 Å². The van der Waals surface area contributed by atoms with Crippen LogP contribution in [0.3, 0.4) is 0 Å². The number of aromatic nitrogens is 4. The summed E-state index contributed by atoms with van der Waals surface area (Å²) in [5.74, 6) is 1.30. The third-order valence-corrected chi connectivity index (χ3v) is 5.55. The molecule has 8 nitrogen and oxygen atoms in total. The Morgan fingerprint density at radius 1 is 1.09 bits per heavy atom. The van der Waals surface area contributed by atoms with Crippen LogP contribution in [0.5, 0.6) is 5.75 Å². The van der Waals surface area contributed by atoms with Gasteiger partial charge in [-0.15, -0.1) is 0 Å². The first-order valence-electron chi connectivity index (χ1n) is 10.6. The molecule has 170 valence electrons. The third-order valence-electron chi connectivity index (χ3n) is 5.55. The number of benzene rings is 1. The average molecular weight is 437 g/mol. The molecule has 0 fully saturated rings. The average Bonchev–Trinajstić information content (AvgIpc) is 3.01. The molecule has 1 amide bonds. The van der Waals surface area contributed by atoms with E-state index >= 15 is 0 Å². The van der Waals surface area contributed by atoms with Gasteiger partial charge < -0.3 is 15.0 Å². The zero-order valence-electron chi connectivity index (χ0n) is 19.9. The first-order valence-corrected chi connectivity index (χ1v) is 10.6. The molecule has 0 aliphatic rings. The molecular formula is C24H32N6O2. The topological polar surface area (TPSA) is 85.2 Å². The van der Waals surface area contributed by atoms with Gasteiger partial charge in [-0.3, -0.25) is 4.79 Å². The molecule has 0 saturated carbocycles. The number of likely N-dealkylation sites (N-methyl/N-ethyl adjacent to an activating group) is 1. The number of rotatable bonds is 8. The van der Waals surface area contributed by atoms with E-state index in [9.17, 15) is 4.79 Å². The number of aryl methyl sites for hydroxylation is 3. The standard InChI is InChI=1S/C24H32N6O2/c1-15-12-16(2)27-24(26-15)30-18(4)21(17(3)28-30)13-23(31)25-14-22(29(5)6)19-8-10-20(32-7)11-9-19/h8-12,22H,13-14H2,1-7H3,(H,25,31). The van der Waals surface area contributed by atoms with Crippen molar-refractivity contribution in [2.45, 2.75) is 40.2 Å². The van der Waals surface area contributed by atoms with E-state index in [0.717, 1.165) is 39.7 Å². The van der Waals surface area contributed by atoms with Crippen molar-refractivity contribution in [3.05, 3.63) is 64.2 Å². The monoisotopic (exact) mass is 436 g/mol. The second kappa shape index (κ2) is 9.91. The highest BCUT2D eigenvalue weighted by Crippen LogP contribution is 2.21. The van der Waals surface area contributed by atoms with Crippen LogP contribution in [-0.2, 0) is 11.2 Å². The summed E-state index contributed by atoms with van der Waals surface area (Å²) in [4.78, 5) is 23.9. The molecule has 3 rings (SSSR count). The van der Waals surface area contributed by atoms with Crippen LogP contribution in [0.25, 0.3) is 5.95 Å². The van der Waals surface area contributed by atoms with Gasteiger partial charge in [-0.1, -0.05) is 12.1 Å². The molecule has 0 aliphatic carbocycles. The van der Waals surface area contributed by atoms with E-state index in [1.54, 1.807) is 11.8 Å². The van der Waals surface area contributed by atoms with Crippen LogP contribution in [0.15, 0.2) is 30.3 Å². The minimum absolute atomic E-state index is 0.0440. The van der Waals surface area contributed by atoms with Crippen LogP contribution in [0.2, 0.25) is 0 Å². The molecule has 2 heterocycles. The lowest BCUT2D eigenvalue weighted by Crippen LogP contribution is -2.35. The van der Waals surface area contributed by atoms with Gasteiger partial charge in [-0.2, -0.15) is 5.10 Å². The Morgan fingerprint density at radius 2 is 1.72 bits per heavy atom. The van der Waals surface area contributed by atoms with Crippen molar-refractivity contribution in [3.63, 3.8) is 0 Å². The van der Waals surface area contributed by atoms with E-state index in [1.807, 2.05) is 72.1 Å². The maximum absolute atomic E-state index is 12.8. The minimum Gasteiger partial charge on any atom is -0.497 e. The first kappa shape index (κ1) is 23.4. The predicted octanol–water partition coefficient (Wildman–Crippen LogP) is 2.87. The molecule has 0 spiro atoms. The SMILES string of the molecule is COc1ccc(C(CNC(=O)Cc2c(C)nn(-c3nc(C)cc(C)n3)c2C)N(C)C)cc1. The van der Waals surface area contributed by atoms with E-state index < -0.39 is 0 Å². The molecule has 1 N–H and O–H groups in total. The molecule has 0 bridgehead atoms. The number of carbonyl (C=O) groups excluding carboxylic acids is 1. The van der Waals surface area contributed by atoms with Gasteiger partial charge in [0.25, 0.3) is 5.95 Å². The zero-order valence-corrected chi connectivity index (χ0v) is 19.9. The highest BCUT2D eigenvalue weighted by atomic mass is 16.5. The molecule has 8 heteroatoms. The Hall–Kier alpha value is -3.26. The summed E-state index contributed by atoms with van der Waals surface area (Å²) in [5.41, 5.74) is 5.46. The largest absolute Gasteiger partial charge is 0.497 e. The first-order chi connectivity index (χ1) is 15.2. The number of hydrogen-bond donors (Lipinski definition) is 1. The van der Waals surface area contributed by atoms with Crippen LogP contribution in [-0.4, -0.2) is 58.3 Å². The Balaban J connectivity index is 1.72. The fraction of sp³-hybridized carbons (Fsp3) is 0.417. The number of ether oxygens (including phenoxy) is 1. The molecule has 32 heavy (non-hydrogen) atoms. The minimum atomic E-state index is -0.0440. The highest BCUT2D eigenvalue weighted by molar-refractivity contribution is 5.79. The molecule has 0 radical (unpaired) electrons. The molecule has 3 aromatic rings. The second-order valence-electron chi connectivity index (χ2n) is 8.25. The van der Waals surface area contributed by atoms with Gasteiger partial charge >= 0.3 is 0 Å². The number of amides is 1. The van der Waals surface area contributed by atoms with Crippen LogP contribution < -0.4 is 10.1 Å². The van der Waals surface area contributed by atoms with E-state index in [0.29, 0.717) is 12.5 Å². The van der Waals surface area contributed by atoms with Gasteiger partial charge in [-0.25, -0.2) is 14.6 Å². The maximum atomic E-state index is 12.8. The highest BCUT2D eigenvalue weighted by Gasteiger charge is 2.20. The van der Waals surface area contributed by atoms with Crippen LogP contribution in [0.1, 0.15) is 39.9 Å². The van der Waals surface area contributed by atoms with Gasteiger partial charge in [0.05, 0.1) is 25.3 Å². The van der Waals surface area contributed by atoms with Gasteiger partial charge in [-0.05, 0) is 65.6 Å². The lowest BCUT2D eigenvalue weighted by atomic mass is 10.1. The van der Waals surface area contributed by atoms with E-state index in [-0.39, 0.29) is 18.4 Å². The number of methoxy groups -OCH3 is 1. The lowest BCUT2D eigenvalue weighted by molar-refractivity contribution is -0.120. The summed E-state index contributed by atoms with van der Waals surface area (Å²) in [6.45, 7) is 8.23. The smallest absolute Gasteiger partial charge is 0.251 e. The quantitative estimate of drug-likeness (QED) is 0.585. The fourth-order valence-electron chi connectivity index (χ4n) is 3.79. The molecule has 1 unspecified atom stereocenters. The van der Waals surface area contributed by atoms with Crippen LogP contribution in [0.4, 0.5) is 0 Å². The summed E-state index contributed by atoms with van der Waals surface area (Å²) < 4.78 is 6.96. The number of hydrogen-bond acceptors (Lipinski definition) is 6. The van der Waals surface area contributed by atoms with Crippen LogP contribution in [0, 0.1) is 27.7 Å². The van der Waals surface area contributed by atoms with Crippen molar-refractivity contribution in [3.8, 4) is 11.7 Å². The maximum Gasteiger partial charge on any atom is 0.251 e. The van der Waals surface area contributed by atoms with Crippen molar-refractivity contribution >= 4 is 5.91 Å². The van der Waals surface area contributed by atoms with Gasteiger partial charge in [0.15, 0.2) is 0 Å². The summed E-state index contributed by atoms with van der Waals surface area (Å²) in [6, 6.07) is 9.90. The fourth-order valence-corrected chi connectivity index (χ4v) is 3.79. The molecule has 0 saturated heterocycles. The molecular weight excluding hydrogens is 404 g/mol. The Bertz CT molecular complexity index is 1070. The third kappa shape index (κ3) is 5.31. The summed E-state index contributed by atoms with van der Waals surface area (Å²) in [5, 5.41) is 7.68. The Labute approximate surface area is 189 Å². The molecule has 0 aliphatic heterocycles. The van der Waals surface area contributed by atoms with Crippen molar-refractivity contribution in [2.24, 2.45) is 0 Å². The number of carbonyl (C=O) groups is 1. The lowest BCUT2D eigenvalue weighted by Gasteiger charge is -2.25. The van der Waals surface area contributed by atoms with Crippen molar-refractivity contribution in [2.75, 3.05) is 27.7 Å². The van der Waals surface area contributed by atoms with Gasteiger partial charge in [0, 0.05) is 29.2 Å². The molecule has 1 atom stereocenters. The van der Waals surface area contributed by atoms with Crippen LogP contribution >= 0.6 is 0 Å². The predicted molar refractivity (Wildman–Crippen MR) is 124 cm³/mol. The summed E-state index contributed by atoms with van der Waals surface area (Å²) in [7, 11) is 5.66. The normalized spacial score (nSPS) is 12.1. The summed E-state index contributed by atoms with van der Waals surface area (Å²) in [6.07, 6.45) is 0.255. The van der Waals surface area contributed by atoms with Crippen molar-refractivity contribution in [1.82, 2.24) is 30.0 Å². The number of nitrogens with zero attached hydrogens (tertiary/aromatic N) is 5. The van der Waals surface area contributed by atoms with E-state index in [1.165, 1.54) is 0 Å². The second-order valence-corrected chi connectivity index (χ2v) is 8.25. The summed E-state index contributed by atoms with van der Waals surface area (Å²) >= 11 is 0. The van der Waals surface area contributed by atoms with Crippen molar-refractivity contribution < 1.29 is 9.53 Å². The molecule has 1 aromatic carbocycles. The zero-order chi connectivity index (χ0) is 23.4. The molecule has 2 aromatic heterocycles. The van der Waals surface area contributed by atoms with E-state index in [2.05, 4.69) is 25.3 Å². The Morgan fingerprint density at radius 3 is 2.28 bits per heavy atom.